The second-order valence-corrected chi connectivity index (χ2v) is 8.57. The van der Waals surface area contributed by atoms with Gasteiger partial charge in [0.15, 0.2) is 0 Å². The number of methoxy groups -OCH3 is 1. The van der Waals surface area contributed by atoms with E-state index in [0.717, 1.165) is 42.5 Å². The van der Waals surface area contributed by atoms with Gasteiger partial charge >= 0.3 is 12.0 Å². The zero-order valence-electron chi connectivity index (χ0n) is 18.3. The van der Waals surface area contributed by atoms with Gasteiger partial charge in [-0.2, -0.15) is 0 Å². The number of thiophene rings is 1. The SMILES string of the molecule is CCOc1ccccc1N1CCN(CC2=C(C(=O)OC)[C@H](c3cccs3)NC(=O)N2)CC1. The second kappa shape index (κ2) is 10.1. The van der Waals surface area contributed by atoms with Crippen molar-refractivity contribution >= 4 is 29.0 Å². The monoisotopic (exact) mass is 456 g/mol. The number of anilines is 1. The Bertz CT molecular complexity index is 984. The van der Waals surface area contributed by atoms with Crippen LogP contribution in [0.4, 0.5) is 10.5 Å². The molecule has 1 saturated heterocycles. The predicted molar refractivity (Wildman–Crippen MR) is 124 cm³/mol. The maximum Gasteiger partial charge on any atom is 0.338 e. The Morgan fingerprint density at radius 1 is 1.16 bits per heavy atom. The molecule has 2 amide bonds. The van der Waals surface area contributed by atoms with Gasteiger partial charge in [0, 0.05) is 43.3 Å². The lowest BCUT2D eigenvalue weighted by atomic mass is 10.0. The van der Waals surface area contributed by atoms with Crippen molar-refractivity contribution in [2.45, 2.75) is 13.0 Å². The summed E-state index contributed by atoms with van der Waals surface area (Å²) in [4.78, 5) is 30.5. The molecule has 1 fully saturated rings. The van der Waals surface area contributed by atoms with E-state index >= 15 is 0 Å². The summed E-state index contributed by atoms with van der Waals surface area (Å²) in [5.41, 5.74) is 2.15. The first-order chi connectivity index (χ1) is 15.6. The molecule has 1 aromatic heterocycles. The fourth-order valence-corrected chi connectivity index (χ4v) is 4.91. The summed E-state index contributed by atoms with van der Waals surface area (Å²) in [5, 5.41) is 7.63. The molecule has 170 valence electrons. The van der Waals surface area contributed by atoms with Gasteiger partial charge in [0.25, 0.3) is 0 Å². The first kappa shape index (κ1) is 22.2. The van der Waals surface area contributed by atoms with E-state index in [2.05, 4.69) is 26.5 Å². The van der Waals surface area contributed by atoms with E-state index in [0.29, 0.717) is 24.4 Å². The Morgan fingerprint density at radius 3 is 2.62 bits per heavy atom. The standard InChI is InChI=1S/C23H28N4O4S/c1-3-31-18-8-5-4-7-17(18)27-12-10-26(11-13-27)15-16-20(22(28)30-2)21(25-23(29)24-16)19-9-6-14-32-19/h4-9,14,21H,3,10-13,15H2,1-2H3,(H2,24,25,29)/t21-/m0/s1. The number of rotatable bonds is 7. The number of nitrogens with zero attached hydrogens (tertiary/aromatic N) is 2. The zero-order valence-corrected chi connectivity index (χ0v) is 19.1. The zero-order chi connectivity index (χ0) is 22.5. The molecule has 32 heavy (non-hydrogen) atoms. The summed E-state index contributed by atoms with van der Waals surface area (Å²) >= 11 is 1.50. The number of benzene rings is 1. The summed E-state index contributed by atoms with van der Waals surface area (Å²) < 4.78 is 10.8. The largest absolute Gasteiger partial charge is 0.492 e. The van der Waals surface area contributed by atoms with Crippen LogP contribution in [-0.2, 0) is 9.53 Å². The third-order valence-corrected chi connectivity index (χ3v) is 6.58. The van der Waals surface area contributed by atoms with Crippen molar-refractivity contribution in [3.05, 3.63) is 57.9 Å². The van der Waals surface area contributed by atoms with Gasteiger partial charge in [-0.25, -0.2) is 9.59 Å². The van der Waals surface area contributed by atoms with Crippen LogP contribution in [-0.4, -0.2) is 63.3 Å². The maximum absolute atomic E-state index is 12.7. The summed E-state index contributed by atoms with van der Waals surface area (Å²) in [5.74, 6) is 0.457. The third kappa shape index (κ3) is 4.73. The van der Waals surface area contributed by atoms with Crippen LogP contribution in [0, 0.1) is 0 Å². The Labute approximate surface area is 191 Å². The van der Waals surface area contributed by atoms with Crippen LogP contribution in [0.25, 0.3) is 0 Å². The minimum atomic E-state index is -0.509. The summed E-state index contributed by atoms with van der Waals surface area (Å²) in [6.07, 6.45) is 0. The molecule has 4 rings (SSSR count). The first-order valence-corrected chi connectivity index (χ1v) is 11.6. The average Bonchev–Trinajstić information content (AvgIpc) is 3.34. The van der Waals surface area contributed by atoms with Crippen molar-refractivity contribution in [2.75, 3.05) is 51.3 Å². The molecule has 9 heteroatoms. The number of carbonyl (C=O) groups excluding carboxylic acids is 2. The van der Waals surface area contributed by atoms with Crippen LogP contribution in [0.5, 0.6) is 5.75 Å². The smallest absolute Gasteiger partial charge is 0.338 e. The molecule has 1 atom stereocenters. The van der Waals surface area contributed by atoms with Crippen molar-refractivity contribution in [1.29, 1.82) is 0 Å². The maximum atomic E-state index is 12.7. The molecule has 2 aliphatic rings. The molecule has 0 spiro atoms. The molecule has 0 aliphatic carbocycles. The van der Waals surface area contributed by atoms with Gasteiger partial charge in [0.05, 0.1) is 31.0 Å². The molecule has 0 saturated carbocycles. The number of urea groups is 1. The number of hydrogen-bond acceptors (Lipinski definition) is 7. The van der Waals surface area contributed by atoms with E-state index in [1.54, 1.807) is 0 Å². The number of piperazine rings is 1. The predicted octanol–water partition coefficient (Wildman–Crippen LogP) is 2.75. The van der Waals surface area contributed by atoms with Crippen molar-refractivity contribution in [2.24, 2.45) is 0 Å². The first-order valence-electron chi connectivity index (χ1n) is 10.7. The van der Waals surface area contributed by atoms with Crippen LogP contribution in [0.2, 0.25) is 0 Å². The van der Waals surface area contributed by atoms with Gasteiger partial charge in [-0.3, -0.25) is 4.90 Å². The number of esters is 1. The van der Waals surface area contributed by atoms with Gasteiger partial charge in [0.2, 0.25) is 0 Å². The molecule has 8 nitrogen and oxygen atoms in total. The molecule has 2 N–H and O–H groups in total. The molecule has 1 aromatic carbocycles. The van der Waals surface area contributed by atoms with Crippen molar-refractivity contribution in [1.82, 2.24) is 15.5 Å². The lowest BCUT2D eigenvalue weighted by Crippen LogP contribution is -2.51. The lowest BCUT2D eigenvalue weighted by Gasteiger charge is -2.38. The molecule has 2 aliphatic heterocycles. The number of nitrogens with one attached hydrogen (secondary N) is 2. The number of hydrogen-bond donors (Lipinski definition) is 2. The summed E-state index contributed by atoms with van der Waals surface area (Å²) in [6, 6.07) is 11.1. The second-order valence-electron chi connectivity index (χ2n) is 7.59. The topological polar surface area (TPSA) is 83.1 Å². The van der Waals surface area contributed by atoms with Gasteiger partial charge in [0.1, 0.15) is 5.75 Å². The molecule has 0 radical (unpaired) electrons. The van der Waals surface area contributed by atoms with Crippen molar-refractivity contribution < 1.29 is 19.1 Å². The van der Waals surface area contributed by atoms with Crippen LogP contribution < -0.4 is 20.3 Å². The van der Waals surface area contributed by atoms with Gasteiger partial charge < -0.3 is 25.0 Å². The summed E-state index contributed by atoms with van der Waals surface area (Å²) in [7, 11) is 1.36. The number of carbonyl (C=O) groups is 2. The fourth-order valence-electron chi connectivity index (χ4n) is 4.13. The molecule has 0 bridgehead atoms. The van der Waals surface area contributed by atoms with Gasteiger partial charge in [-0.15, -0.1) is 11.3 Å². The van der Waals surface area contributed by atoms with E-state index in [-0.39, 0.29) is 6.03 Å². The average molecular weight is 457 g/mol. The van der Waals surface area contributed by atoms with Crippen LogP contribution in [0.15, 0.2) is 53.0 Å². The van der Waals surface area contributed by atoms with E-state index in [4.69, 9.17) is 9.47 Å². The van der Waals surface area contributed by atoms with E-state index < -0.39 is 12.0 Å². The molecule has 0 unspecified atom stereocenters. The fraction of sp³-hybridized carbons (Fsp3) is 0.391. The third-order valence-electron chi connectivity index (χ3n) is 5.65. The van der Waals surface area contributed by atoms with Crippen LogP contribution >= 0.6 is 11.3 Å². The molecule has 2 aromatic rings. The highest BCUT2D eigenvalue weighted by molar-refractivity contribution is 7.10. The quantitative estimate of drug-likeness (QED) is 0.624. The van der Waals surface area contributed by atoms with Crippen molar-refractivity contribution in [3.63, 3.8) is 0 Å². The minimum Gasteiger partial charge on any atom is -0.492 e. The Hall–Kier alpha value is -3.04. The minimum absolute atomic E-state index is 0.310. The number of para-hydroxylation sites is 2. The van der Waals surface area contributed by atoms with E-state index in [1.165, 1.54) is 18.4 Å². The van der Waals surface area contributed by atoms with E-state index in [1.807, 2.05) is 42.6 Å². The molecular weight excluding hydrogens is 428 g/mol. The molecule has 3 heterocycles. The lowest BCUT2D eigenvalue weighted by molar-refractivity contribution is -0.136. The number of amides is 2. The Kier molecular flexibility index (Phi) is 6.96. The highest BCUT2D eigenvalue weighted by Gasteiger charge is 2.35. The highest BCUT2D eigenvalue weighted by Crippen LogP contribution is 2.32. The van der Waals surface area contributed by atoms with Gasteiger partial charge in [-0.05, 0) is 30.5 Å². The normalized spacial score (nSPS) is 19.4. The van der Waals surface area contributed by atoms with Crippen molar-refractivity contribution in [3.8, 4) is 5.75 Å². The van der Waals surface area contributed by atoms with Crippen LogP contribution in [0.3, 0.4) is 0 Å². The van der Waals surface area contributed by atoms with Crippen LogP contribution in [0.1, 0.15) is 17.8 Å². The Balaban J connectivity index is 1.50. The van der Waals surface area contributed by atoms with Gasteiger partial charge in [-0.1, -0.05) is 18.2 Å². The highest BCUT2D eigenvalue weighted by atomic mass is 32.1. The molecular formula is C23H28N4O4S. The van der Waals surface area contributed by atoms with E-state index in [9.17, 15) is 9.59 Å². The number of ether oxygens (including phenoxy) is 2. The summed E-state index contributed by atoms with van der Waals surface area (Å²) in [6.45, 7) is 6.33. The Morgan fingerprint density at radius 2 is 1.94 bits per heavy atom.